The van der Waals surface area contributed by atoms with Crippen molar-refractivity contribution in [1.29, 1.82) is 0 Å². The third kappa shape index (κ3) is 42.9. The summed E-state index contributed by atoms with van der Waals surface area (Å²) in [7, 11) is -4.42. The highest BCUT2D eigenvalue weighted by atomic mass is 31.2. The zero-order valence-corrected chi connectivity index (χ0v) is 36.0. The van der Waals surface area contributed by atoms with Crippen LogP contribution in [0.15, 0.2) is 48.6 Å². The number of allylic oxidation sites excluding steroid dienone is 8. The first-order valence-electron chi connectivity index (χ1n) is 22.1. The number of aliphatic hydroxyl groups excluding tert-OH is 1. The van der Waals surface area contributed by atoms with Gasteiger partial charge in [0.05, 0.1) is 13.2 Å². The van der Waals surface area contributed by atoms with Crippen LogP contribution >= 0.6 is 7.82 Å². The maximum Gasteiger partial charge on any atom is 0.472 e. The van der Waals surface area contributed by atoms with Gasteiger partial charge in [-0.3, -0.25) is 18.6 Å². The quantitative estimate of drug-likeness (QED) is 0.0241. The predicted octanol–water partition coefficient (Wildman–Crippen LogP) is 12.3. The monoisotopic (exact) mass is 796 g/mol. The lowest BCUT2D eigenvalue weighted by molar-refractivity contribution is -0.147. The molecule has 2 unspecified atom stereocenters. The summed E-state index contributed by atoms with van der Waals surface area (Å²) in [6, 6.07) is 0. The molecule has 0 saturated heterocycles. The SMILES string of the molecule is CCCCCC/C=C\C/C=C\CCCCCCCCCC(=O)OCC(O)COP(=O)(O)OCCNC(=O)CCCCCCC/C=C\C/C=C\CCCCCC. The summed E-state index contributed by atoms with van der Waals surface area (Å²) in [5, 5.41) is 12.7. The largest absolute Gasteiger partial charge is 0.472 e. The molecule has 0 spiro atoms. The van der Waals surface area contributed by atoms with Gasteiger partial charge in [-0.1, -0.05) is 152 Å². The molecule has 0 aliphatic heterocycles. The van der Waals surface area contributed by atoms with Crippen LogP contribution in [0.5, 0.6) is 0 Å². The summed E-state index contributed by atoms with van der Waals surface area (Å²) in [5.41, 5.74) is 0. The fourth-order valence-corrected chi connectivity index (χ4v) is 6.61. The molecule has 2 atom stereocenters. The Hall–Kier alpha value is -2.03. The average Bonchev–Trinajstić information content (AvgIpc) is 3.17. The van der Waals surface area contributed by atoms with Gasteiger partial charge in [-0.15, -0.1) is 0 Å². The molecule has 0 rings (SSSR count). The average molecular weight is 796 g/mol. The number of ether oxygens (including phenoxy) is 1. The Morgan fingerprint density at radius 3 is 1.45 bits per heavy atom. The zero-order valence-electron chi connectivity index (χ0n) is 35.1. The molecule has 0 saturated carbocycles. The van der Waals surface area contributed by atoms with Crippen LogP contribution in [0.3, 0.4) is 0 Å². The summed E-state index contributed by atoms with van der Waals surface area (Å²) in [4.78, 5) is 33.9. The minimum Gasteiger partial charge on any atom is -0.463 e. The van der Waals surface area contributed by atoms with E-state index in [2.05, 4.69) is 67.8 Å². The van der Waals surface area contributed by atoms with Crippen LogP contribution in [0.25, 0.3) is 0 Å². The van der Waals surface area contributed by atoms with Gasteiger partial charge in [-0.25, -0.2) is 4.57 Å². The number of esters is 1. The molecule has 55 heavy (non-hydrogen) atoms. The number of nitrogens with one attached hydrogen (secondary N) is 1. The van der Waals surface area contributed by atoms with E-state index in [1.165, 1.54) is 83.5 Å². The lowest BCUT2D eigenvalue weighted by Crippen LogP contribution is -2.27. The minimum atomic E-state index is -4.42. The summed E-state index contributed by atoms with van der Waals surface area (Å²) >= 11 is 0. The Labute approximate surface area is 336 Å². The van der Waals surface area contributed by atoms with Gasteiger partial charge in [0.2, 0.25) is 5.91 Å². The third-order valence-electron chi connectivity index (χ3n) is 9.23. The summed E-state index contributed by atoms with van der Waals surface area (Å²) in [6.45, 7) is 3.49. The normalized spacial score (nSPS) is 13.7. The lowest BCUT2D eigenvalue weighted by atomic mass is 10.1. The van der Waals surface area contributed by atoms with Crippen molar-refractivity contribution in [3.05, 3.63) is 48.6 Å². The molecule has 10 heteroatoms. The number of carbonyl (C=O) groups is 2. The molecule has 0 heterocycles. The number of aliphatic hydroxyl groups is 1. The Bertz CT molecular complexity index is 1040. The second-order valence-corrected chi connectivity index (χ2v) is 16.1. The topological polar surface area (TPSA) is 131 Å². The number of rotatable bonds is 41. The molecule has 0 bridgehead atoms. The first-order chi connectivity index (χ1) is 26.8. The maximum absolute atomic E-state index is 12.1. The Morgan fingerprint density at radius 2 is 0.982 bits per heavy atom. The van der Waals surface area contributed by atoms with E-state index in [9.17, 15) is 24.2 Å². The number of carbonyl (C=O) groups excluding carboxylic acids is 2. The zero-order chi connectivity index (χ0) is 40.3. The smallest absolute Gasteiger partial charge is 0.463 e. The Balaban J connectivity index is 3.63. The molecule has 0 aromatic carbocycles. The molecule has 320 valence electrons. The van der Waals surface area contributed by atoms with Gasteiger partial charge in [0.15, 0.2) is 0 Å². The number of hydrogen-bond acceptors (Lipinski definition) is 7. The van der Waals surface area contributed by atoms with Gasteiger partial charge in [0.25, 0.3) is 0 Å². The van der Waals surface area contributed by atoms with Crippen molar-refractivity contribution < 1.29 is 37.9 Å². The second-order valence-electron chi connectivity index (χ2n) is 14.7. The van der Waals surface area contributed by atoms with Crippen LogP contribution in [-0.2, 0) is 27.9 Å². The van der Waals surface area contributed by atoms with E-state index in [0.29, 0.717) is 6.42 Å². The second kappa shape index (κ2) is 41.6. The molecule has 0 aliphatic rings. The van der Waals surface area contributed by atoms with Gasteiger partial charge in [-0.05, 0) is 77.0 Å². The van der Waals surface area contributed by atoms with Crippen LogP contribution in [0.1, 0.15) is 194 Å². The molecule has 0 radical (unpaired) electrons. The molecule has 1 amide bonds. The van der Waals surface area contributed by atoms with Gasteiger partial charge < -0.3 is 20.1 Å². The summed E-state index contributed by atoms with van der Waals surface area (Å²) in [6.07, 6.45) is 47.5. The van der Waals surface area contributed by atoms with Crippen molar-refractivity contribution in [1.82, 2.24) is 5.32 Å². The molecule has 0 aliphatic carbocycles. The number of amides is 1. The van der Waals surface area contributed by atoms with Crippen LogP contribution < -0.4 is 5.32 Å². The van der Waals surface area contributed by atoms with E-state index in [0.717, 1.165) is 83.5 Å². The highest BCUT2D eigenvalue weighted by Crippen LogP contribution is 2.42. The lowest BCUT2D eigenvalue weighted by Gasteiger charge is -2.15. The van der Waals surface area contributed by atoms with Crippen LogP contribution in [0.4, 0.5) is 0 Å². The Morgan fingerprint density at radius 1 is 0.564 bits per heavy atom. The minimum absolute atomic E-state index is 0.0719. The van der Waals surface area contributed by atoms with Crippen molar-refractivity contribution >= 4 is 19.7 Å². The van der Waals surface area contributed by atoms with Gasteiger partial charge in [-0.2, -0.15) is 0 Å². The fourth-order valence-electron chi connectivity index (χ4n) is 5.85. The maximum atomic E-state index is 12.1. The Kier molecular flexibility index (Phi) is 40.1. The van der Waals surface area contributed by atoms with Crippen LogP contribution in [0.2, 0.25) is 0 Å². The van der Waals surface area contributed by atoms with E-state index in [4.69, 9.17) is 13.8 Å². The molecule has 0 aromatic rings. The van der Waals surface area contributed by atoms with E-state index < -0.39 is 26.5 Å². The van der Waals surface area contributed by atoms with Crippen molar-refractivity contribution in [2.75, 3.05) is 26.4 Å². The van der Waals surface area contributed by atoms with E-state index in [1.807, 2.05) is 0 Å². The molecule has 0 aromatic heterocycles. The number of hydrogen-bond donors (Lipinski definition) is 3. The van der Waals surface area contributed by atoms with E-state index in [1.54, 1.807) is 0 Å². The fraction of sp³-hybridized carbons (Fsp3) is 0.778. The molecular weight excluding hydrogens is 713 g/mol. The van der Waals surface area contributed by atoms with Crippen LogP contribution in [-0.4, -0.2) is 54.3 Å². The van der Waals surface area contributed by atoms with Gasteiger partial charge in [0, 0.05) is 19.4 Å². The molecular formula is C45H82NO8P. The number of unbranched alkanes of at least 4 members (excludes halogenated alkanes) is 20. The molecule has 3 N–H and O–H groups in total. The van der Waals surface area contributed by atoms with Gasteiger partial charge in [0.1, 0.15) is 12.7 Å². The third-order valence-corrected chi connectivity index (χ3v) is 10.2. The van der Waals surface area contributed by atoms with Crippen LogP contribution in [0, 0.1) is 0 Å². The summed E-state index contributed by atoms with van der Waals surface area (Å²) < 4.78 is 26.9. The molecule has 9 nitrogen and oxygen atoms in total. The molecule has 0 fully saturated rings. The first-order valence-corrected chi connectivity index (χ1v) is 23.6. The number of phosphoric ester groups is 1. The first kappa shape index (κ1) is 53.0. The van der Waals surface area contributed by atoms with Gasteiger partial charge >= 0.3 is 13.8 Å². The number of phosphoric acid groups is 1. The van der Waals surface area contributed by atoms with E-state index in [-0.39, 0.29) is 32.1 Å². The predicted molar refractivity (Wildman–Crippen MR) is 229 cm³/mol. The summed E-state index contributed by atoms with van der Waals surface area (Å²) in [5.74, 6) is -0.538. The highest BCUT2D eigenvalue weighted by molar-refractivity contribution is 7.47. The van der Waals surface area contributed by atoms with Crippen molar-refractivity contribution in [3.63, 3.8) is 0 Å². The van der Waals surface area contributed by atoms with E-state index >= 15 is 0 Å². The standard InChI is InChI=1S/C45H82NO8P/c1-3-5-7-9-11-13-15-17-19-21-22-24-26-28-30-32-34-36-38-45(49)52-41-43(47)42-54-55(50,51)53-40-39-46-44(48)37-35-33-31-29-27-25-23-20-18-16-14-12-10-8-6-4-2/h13-16,19-21,23,43,47H,3-12,17-18,22,24-42H2,1-2H3,(H,46,48)(H,50,51)/b15-13-,16-14-,21-19-,23-20-. The van der Waals surface area contributed by atoms with Crippen molar-refractivity contribution in [2.45, 2.75) is 200 Å². The highest BCUT2D eigenvalue weighted by Gasteiger charge is 2.23. The van der Waals surface area contributed by atoms with Crippen molar-refractivity contribution in [2.24, 2.45) is 0 Å². The van der Waals surface area contributed by atoms with Crippen molar-refractivity contribution in [3.8, 4) is 0 Å².